The highest BCUT2D eigenvalue weighted by Gasteiger charge is 2.08. The normalized spacial score (nSPS) is 10.9. The van der Waals surface area contributed by atoms with E-state index in [2.05, 4.69) is 29.4 Å². The maximum absolute atomic E-state index is 5.90. The lowest BCUT2D eigenvalue weighted by Gasteiger charge is -2.02. The van der Waals surface area contributed by atoms with Gasteiger partial charge < -0.3 is 9.73 Å². The standard InChI is InChI=1S/C12H13Cl2N3O/c1-7(2)3-11-16-17-12(18-11)15-10-5-8(13)4-9(14)6-10/h4-7H,3H2,1-2H3,(H,15,17). The maximum Gasteiger partial charge on any atom is 0.320 e. The molecule has 0 bridgehead atoms. The number of nitrogens with one attached hydrogen (secondary N) is 1. The number of nitrogens with zero attached hydrogens (tertiary/aromatic N) is 2. The van der Waals surface area contributed by atoms with Crippen LogP contribution in [0.4, 0.5) is 11.7 Å². The lowest BCUT2D eigenvalue weighted by molar-refractivity contribution is 0.468. The smallest absolute Gasteiger partial charge is 0.320 e. The molecule has 0 saturated heterocycles. The molecule has 0 atom stereocenters. The Kier molecular flexibility index (Phi) is 4.09. The van der Waals surface area contributed by atoms with Crippen LogP contribution in [0.1, 0.15) is 19.7 Å². The quantitative estimate of drug-likeness (QED) is 0.909. The summed E-state index contributed by atoms with van der Waals surface area (Å²) < 4.78 is 5.46. The molecule has 4 nitrogen and oxygen atoms in total. The van der Waals surface area contributed by atoms with Crippen LogP contribution in [-0.4, -0.2) is 10.2 Å². The molecular formula is C12H13Cl2N3O. The molecular weight excluding hydrogens is 273 g/mol. The second kappa shape index (κ2) is 5.59. The molecule has 1 aromatic carbocycles. The zero-order valence-corrected chi connectivity index (χ0v) is 11.6. The summed E-state index contributed by atoms with van der Waals surface area (Å²) in [6.45, 7) is 4.18. The van der Waals surface area contributed by atoms with Crippen molar-refractivity contribution in [3.8, 4) is 0 Å². The van der Waals surface area contributed by atoms with E-state index in [1.165, 1.54) is 0 Å². The summed E-state index contributed by atoms with van der Waals surface area (Å²) >= 11 is 11.8. The van der Waals surface area contributed by atoms with E-state index in [1.54, 1.807) is 18.2 Å². The molecule has 0 aliphatic rings. The average Bonchev–Trinajstić information content (AvgIpc) is 2.62. The minimum absolute atomic E-state index is 0.337. The molecule has 0 aliphatic heterocycles. The SMILES string of the molecule is CC(C)Cc1nnc(Nc2cc(Cl)cc(Cl)c2)o1. The zero-order chi connectivity index (χ0) is 13.1. The number of benzene rings is 1. The fourth-order valence-electron chi connectivity index (χ4n) is 1.49. The maximum atomic E-state index is 5.90. The molecule has 0 saturated carbocycles. The van der Waals surface area contributed by atoms with E-state index in [0.29, 0.717) is 33.6 Å². The topological polar surface area (TPSA) is 51.0 Å². The second-order valence-corrected chi connectivity index (χ2v) is 5.25. The highest BCUT2D eigenvalue weighted by molar-refractivity contribution is 6.35. The number of anilines is 2. The summed E-state index contributed by atoms with van der Waals surface area (Å²) in [4.78, 5) is 0. The van der Waals surface area contributed by atoms with Crippen LogP contribution in [0, 0.1) is 5.92 Å². The van der Waals surface area contributed by atoms with Crippen LogP contribution in [0.2, 0.25) is 10.0 Å². The van der Waals surface area contributed by atoms with Gasteiger partial charge in [-0.05, 0) is 24.1 Å². The molecule has 0 aliphatic carbocycles. The minimum atomic E-state index is 0.337. The molecule has 2 rings (SSSR count). The first-order valence-corrected chi connectivity index (χ1v) is 6.34. The molecule has 0 unspecified atom stereocenters. The first-order valence-electron chi connectivity index (χ1n) is 5.58. The van der Waals surface area contributed by atoms with Crippen molar-refractivity contribution < 1.29 is 4.42 Å². The highest BCUT2D eigenvalue weighted by Crippen LogP contribution is 2.24. The van der Waals surface area contributed by atoms with Crippen LogP contribution >= 0.6 is 23.2 Å². The van der Waals surface area contributed by atoms with E-state index >= 15 is 0 Å². The first kappa shape index (κ1) is 13.2. The molecule has 96 valence electrons. The predicted octanol–water partition coefficient (Wildman–Crippen LogP) is 4.32. The van der Waals surface area contributed by atoms with Crippen molar-refractivity contribution in [1.29, 1.82) is 0 Å². The Labute approximate surface area is 115 Å². The molecule has 6 heteroatoms. The summed E-state index contributed by atoms with van der Waals surface area (Å²) in [6.07, 6.45) is 0.755. The molecule has 0 spiro atoms. The number of halogens is 2. The van der Waals surface area contributed by atoms with Crippen molar-refractivity contribution in [2.45, 2.75) is 20.3 Å². The van der Waals surface area contributed by atoms with Gasteiger partial charge in [-0.25, -0.2) is 0 Å². The lowest BCUT2D eigenvalue weighted by Crippen LogP contribution is -1.93. The van der Waals surface area contributed by atoms with Crippen molar-refractivity contribution in [3.05, 3.63) is 34.1 Å². The van der Waals surface area contributed by atoms with E-state index in [-0.39, 0.29) is 0 Å². The Balaban J connectivity index is 2.11. The van der Waals surface area contributed by atoms with Gasteiger partial charge in [0.2, 0.25) is 5.89 Å². The summed E-state index contributed by atoms with van der Waals surface area (Å²) in [5.41, 5.74) is 0.715. The Bertz CT molecular complexity index is 520. The van der Waals surface area contributed by atoms with Gasteiger partial charge >= 0.3 is 6.01 Å². The Morgan fingerprint density at radius 3 is 2.44 bits per heavy atom. The predicted molar refractivity (Wildman–Crippen MR) is 72.6 cm³/mol. The van der Waals surface area contributed by atoms with Crippen molar-refractivity contribution >= 4 is 34.9 Å². The monoisotopic (exact) mass is 285 g/mol. The molecule has 18 heavy (non-hydrogen) atoms. The Hall–Kier alpha value is -1.26. The van der Waals surface area contributed by atoms with E-state index in [0.717, 1.165) is 6.42 Å². The number of rotatable bonds is 4. The van der Waals surface area contributed by atoms with Crippen molar-refractivity contribution in [1.82, 2.24) is 10.2 Å². The summed E-state index contributed by atoms with van der Waals surface area (Å²) in [6, 6.07) is 5.47. The van der Waals surface area contributed by atoms with Gasteiger partial charge in [-0.15, -0.1) is 5.10 Å². The first-order chi connectivity index (χ1) is 8.52. The van der Waals surface area contributed by atoms with Crippen molar-refractivity contribution in [2.24, 2.45) is 5.92 Å². The molecule has 0 amide bonds. The fraction of sp³-hybridized carbons (Fsp3) is 0.333. The van der Waals surface area contributed by atoms with Crippen LogP contribution in [0.5, 0.6) is 0 Å². The molecule has 0 fully saturated rings. The summed E-state index contributed by atoms with van der Waals surface area (Å²) in [7, 11) is 0. The van der Waals surface area contributed by atoms with Gasteiger partial charge in [0.1, 0.15) is 0 Å². The number of aromatic nitrogens is 2. The molecule has 0 radical (unpaired) electrons. The Morgan fingerprint density at radius 2 is 1.83 bits per heavy atom. The van der Waals surface area contributed by atoms with Crippen LogP contribution < -0.4 is 5.32 Å². The van der Waals surface area contributed by atoms with Gasteiger partial charge in [-0.2, -0.15) is 0 Å². The third kappa shape index (κ3) is 3.62. The largest absolute Gasteiger partial charge is 0.408 e. The fourth-order valence-corrected chi connectivity index (χ4v) is 2.01. The van der Waals surface area contributed by atoms with Crippen LogP contribution in [0.3, 0.4) is 0 Å². The van der Waals surface area contributed by atoms with Crippen LogP contribution in [0.25, 0.3) is 0 Å². The Morgan fingerprint density at radius 1 is 1.17 bits per heavy atom. The van der Waals surface area contributed by atoms with Crippen LogP contribution in [0.15, 0.2) is 22.6 Å². The van der Waals surface area contributed by atoms with Gasteiger partial charge in [-0.3, -0.25) is 0 Å². The van der Waals surface area contributed by atoms with Crippen molar-refractivity contribution in [3.63, 3.8) is 0 Å². The van der Waals surface area contributed by atoms with Crippen LogP contribution in [-0.2, 0) is 6.42 Å². The molecule has 2 aromatic rings. The van der Waals surface area contributed by atoms with Gasteiger partial charge in [0.05, 0.1) is 0 Å². The van der Waals surface area contributed by atoms with Gasteiger partial charge in [0, 0.05) is 22.2 Å². The molecule has 1 heterocycles. The summed E-state index contributed by atoms with van der Waals surface area (Å²) in [5, 5.41) is 11.9. The van der Waals surface area contributed by atoms with Crippen molar-refractivity contribution in [2.75, 3.05) is 5.32 Å². The van der Waals surface area contributed by atoms with Gasteiger partial charge in [-0.1, -0.05) is 42.1 Å². The lowest BCUT2D eigenvalue weighted by atomic mass is 10.1. The summed E-state index contributed by atoms with van der Waals surface area (Å²) in [5.74, 6) is 1.08. The van der Waals surface area contributed by atoms with Gasteiger partial charge in [0.15, 0.2) is 0 Å². The number of hydrogen-bond donors (Lipinski definition) is 1. The highest BCUT2D eigenvalue weighted by atomic mass is 35.5. The molecule has 1 N–H and O–H groups in total. The average molecular weight is 286 g/mol. The third-order valence-corrected chi connectivity index (χ3v) is 2.60. The van der Waals surface area contributed by atoms with E-state index in [1.807, 2.05) is 0 Å². The molecule has 1 aromatic heterocycles. The number of hydrogen-bond acceptors (Lipinski definition) is 4. The van der Waals surface area contributed by atoms with E-state index in [9.17, 15) is 0 Å². The van der Waals surface area contributed by atoms with Gasteiger partial charge in [0.25, 0.3) is 0 Å². The minimum Gasteiger partial charge on any atom is -0.408 e. The second-order valence-electron chi connectivity index (χ2n) is 4.38. The van der Waals surface area contributed by atoms with E-state index < -0.39 is 0 Å². The van der Waals surface area contributed by atoms with E-state index in [4.69, 9.17) is 27.6 Å². The third-order valence-electron chi connectivity index (χ3n) is 2.16. The zero-order valence-electron chi connectivity index (χ0n) is 10.1.